The van der Waals surface area contributed by atoms with E-state index in [4.69, 9.17) is 4.74 Å². The molecule has 1 aromatic heterocycles. The molecule has 7 nitrogen and oxygen atoms in total. The van der Waals surface area contributed by atoms with E-state index in [9.17, 15) is 4.79 Å². The van der Waals surface area contributed by atoms with Gasteiger partial charge in [0.25, 0.3) is 0 Å². The first-order valence-corrected chi connectivity index (χ1v) is 10.7. The van der Waals surface area contributed by atoms with Crippen LogP contribution in [0.1, 0.15) is 42.9 Å². The summed E-state index contributed by atoms with van der Waals surface area (Å²) in [4.78, 5) is 17.2. The zero-order valence-electron chi connectivity index (χ0n) is 17.5. The molecule has 4 rings (SSSR count). The van der Waals surface area contributed by atoms with Gasteiger partial charge < -0.3 is 19.1 Å². The molecular weight excluding hydrogens is 366 g/mol. The van der Waals surface area contributed by atoms with Gasteiger partial charge in [-0.1, -0.05) is 12.1 Å². The highest BCUT2D eigenvalue weighted by atomic mass is 16.5. The maximum atomic E-state index is 12.9. The monoisotopic (exact) mass is 397 g/mol. The molecule has 7 heteroatoms. The lowest BCUT2D eigenvalue weighted by Crippen LogP contribution is -2.35. The molecule has 1 aromatic carbocycles. The molecule has 0 spiro atoms. The molecule has 156 valence electrons. The van der Waals surface area contributed by atoms with Crippen LogP contribution in [0.2, 0.25) is 0 Å². The summed E-state index contributed by atoms with van der Waals surface area (Å²) in [5.41, 5.74) is 1.02. The maximum absolute atomic E-state index is 12.9. The van der Waals surface area contributed by atoms with Crippen LogP contribution >= 0.6 is 0 Å². The van der Waals surface area contributed by atoms with Crippen molar-refractivity contribution in [2.75, 3.05) is 39.8 Å². The van der Waals surface area contributed by atoms with Crippen LogP contribution in [-0.2, 0) is 24.2 Å². The van der Waals surface area contributed by atoms with Crippen LogP contribution in [0.3, 0.4) is 0 Å². The highest BCUT2D eigenvalue weighted by Gasteiger charge is 2.27. The summed E-state index contributed by atoms with van der Waals surface area (Å²) in [6.45, 7) is 7.02. The van der Waals surface area contributed by atoms with E-state index in [1.807, 2.05) is 36.1 Å². The van der Waals surface area contributed by atoms with Crippen LogP contribution in [-0.4, -0.2) is 70.3 Å². The second-order valence-corrected chi connectivity index (χ2v) is 8.11. The standard InChI is InChI=1S/C22H31N5O2/c1-3-29-19-8-6-17(7-9-19)15-21(28)26-12-10-20-23-24-22(27(20)14-13-26)18-5-4-11-25(2)16-18/h6-9,18H,3-5,10-16H2,1-2H3/t18-/m0/s1. The van der Waals surface area contributed by atoms with Gasteiger partial charge in [-0.15, -0.1) is 10.2 Å². The molecule has 3 heterocycles. The van der Waals surface area contributed by atoms with Crippen LogP contribution in [0, 0.1) is 0 Å². The van der Waals surface area contributed by atoms with E-state index < -0.39 is 0 Å². The molecule has 2 aliphatic heterocycles. The Bertz CT molecular complexity index is 832. The van der Waals surface area contributed by atoms with Crippen LogP contribution in [0.25, 0.3) is 0 Å². The van der Waals surface area contributed by atoms with Gasteiger partial charge in [0.1, 0.15) is 17.4 Å². The smallest absolute Gasteiger partial charge is 0.227 e. The number of piperidine rings is 1. The summed E-state index contributed by atoms with van der Waals surface area (Å²) in [7, 11) is 2.17. The van der Waals surface area contributed by atoms with Gasteiger partial charge in [0.05, 0.1) is 13.0 Å². The predicted octanol–water partition coefficient (Wildman–Crippen LogP) is 2.11. The fourth-order valence-corrected chi connectivity index (χ4v) is 4.43. The van der Waals surface area contributed by atoms with E-state index in [1.165, 1.54) is 12.8 Å². The molecule has 0 N–H and O–H groups in total. The summed E-state index contributed by atoms with van der Waals surface area (Å²) in [5, 5.41) is 8.99. The Kier molecular flexibility index (Phi) is 6.13. The molecule has 1 amide bonds. The SMILES string of the molecule is CCOc1ccc(CC(=O)N2CCc3nnc([C@H]4CCCN(C)C4)n3CC2)cc1. The lowest BCUT2D eigenvalue weighted by Gasteiger charge is -2.29. The maximum Gasteiger partial charge on any atom is 0.227 e. The van der Waals surface area contributed by atoms with Gasteiger partial charge in [-0.2, -0.15) is 0 Å². The second kappa shape index (κ2) is 8.95. The topological polar surface area (TPSA) is 63.5 Å². The van der Waals surface area contributed by atoms with Gasteiger partial charge in [0.15, 0.2) is 0 Å². The summed E-state index contributed by atoms with van der Waals surface area (Å²) in [6.07, 6.45) is 3.57. The molecule has 1 saturated heterocycles. The number of carbonyl (C=O) groups is 1. The number of aromatic nitrogens is 3. The van der Waals surface area contributed by atoms with Crippen LogP contribution in [0.15, 0.2) is 24.3 Å². The highest BCUT2D eigenvalue weighted by Crippen LogP contribution is 2.26. The van der Waals surface area contributed by atoms with Crippen LogP contribution in [0.4, 0.5) is 0 Å². The van der Waals surface area contributed by atoms with Crippen LogP contribution in [0.5, 0.6) is 5.75 Å². The molecule has 0 unspecified atom stereocenters. The number of hydrogen-bond donors (Lipinski definition) is 0. The van der Waals surface area contributed by atoms with Crippen molar-refractivity contribution < 1.29 is 9.53 Å². The number of hydrogen-bond acceptors (Lipinski definition) is 5. The van der Waals surface area contributed by atoms with E-state index in [-0.39, 0.29) is 5.91 Å². The Morgan fingerprint density at radius 1 is 1.14 bits per heavy atom. The molecule has 1 atom stereocenters. The Morgan fingerprint density at radius 3 is 2.72 bits per heavy atom. The average molecular weight is 398 g/mol. The summed E-state index contributed by atoms with van der Waals surface area (Å²) >= 11 is 0. The van der Waals surface area contributed by atoms with E-state index in [0.29, 0.717) is 25.5 Å². The molecule has 0 saturated carbocycles. The van der Waals surface area contributed by atoms with E-state index in [2.05, 4.69) is 26.7 Å². The van der Waals surface area contributed by atoms with Crippen molar-refractivity contribution in [2.45, 2.75) is 45.1 Å². The van der Waals surface area contributed by atoms with E-state index in [0.717, 1.165) is 55.6 Å². The molecule has 2 aromatic rings. The lowest BCUT2D eigenvalue weighted by atomic mass is 9.97. The summed E-state index contributed by atoms with van der Waals surface area (Å²) in [5.74, 6) is 3.59. The number of benzene rings is 1. The van der Waals surface area contributed by atoms with Crippen molar-refractivity contribution >= 4 is 5.91 Å². The molecule has 29 heavy (non-hydrogen) atoms. The van der Waals surface area contributed by atoms with E-state index in [1.54, 1.807) is 0 Å². The Hall–Kier alpha value is -2.41. The largest absolute Gasteiger partial charge is 0.494 e. The number of amides is 1. The summed E-state index contributed by atoms with van der Waals surface area (Å²) in [6, 6.07) is 7.83. The van der Waals surface area contributed by atoms with Crippen LogP contribution < -0.4 is 4.74 Å². The number of carbonyl (C=O) groups excluding carboxylic acids is 1. The van der Waals surface area contributed by atoms with Crippen molar-refractivity contribution in [3.63, 3.8) is 0 Å². The number of likely N-dealkylation sites (tertiary alicyclic amines) is 1. The van der Waals surface area contributed by atoms with Crippen molar-refractivity contribution in [2.24, 2.45) is 0 Å². The Balaban J connectivity index is 1.38. The second-order valence-electron chi connectivity index (χ2n) is 8.11. The Morgan fingerprint density at radius 2 is 1.97 bits per heavy atom. The molecule has 2 aliphatic rings. The minimum atomic E-state index is 0.173. The fourth-order valence-electron chi connectivity index (χ4n) is 4.43. The Labute approximate surface area is 172 Å². The molecule has 1 fully saturated rings. The van der Waals surface area contributed by atoms with E-state index >= 15 is 0 Å². The third-order valence-corrected chi connectivity index (χ3v) is 5.99. The van der Waals surface area contributed by atoms with Gasteiger partial charge >= 0.3 is 0 Å². The van der Waals surface area contributed by atoms with Gasteiger partial charge in [0.2, 0.25) is 5.91 Å². The van der Waals surface area contributed by atoms with Crippen molar-refractivity contribution in [3.05, 3.63) is 41.5 Å². The van der Waals surface area contributed by atoms with Gasteiger partial charge in [-0.25, -0.2) is 0 Å². The molecular formula is C22H31N5O2. The zero-order valence-corrected chi connectivity index (χ0v) is 17.5. The first-order valence-electron chi connectivity index (χ1n) is 10.7. The number of likely N-dealkylation sites (N-methyl/N-ethyl adjacent to an activating group) is 1. The third kappa shape index (κ3) is 4.61. The number of rotatable bonds is 5. The highest BCUT2D eigenvalue weighted by molar-refractivity contribution is 5.78. The first-order chi connectivity index (χ1) is 14.1. The third-order valence-electron chi connectivity index (χ3n) is 5.99. The fraction of sp³-hybridized carbons (Fsp3) is 0.591. The summed E-state index contributed by atoms with van der Waals surface area (Å²) < 4.78 is 7.75. The molecule has 0 aliphatic carbocycles. The lowest BCUT2D eigenvalue weighted by molar-refractivity contribution is -0.130. The van der Waals surface area contributed by atoms with Crippen molar-refractivity contribution in [1.82, 2.24) is 24.6 Å². The predicted molar refractivity (Wildman–Crippen MR) is 111 cm³/mol. The minimum Gasteiger partial charge on any atom is -0.494 e. The van der Waals surface area contributed by atoms with Gasteiger partial charge in [-0.05, 0) is 51.1 Å². The first kappa shape index (κ1) is 19.9. The normalized spacial score (nSPS) is 20.2. The van der Waals surface area contributed by atoms with Crippen molar-refractivity contribution in [3.8, 4) is 5.75 Å². The number of ether oxygens (including phenoxy) is 1. The average Bonchev–Trinajstić information content (AvgIpc) is 3.01. The van der Waals surface area contributed by atoms with Crippen molar-refractivity contribution in [1.29, 1.82) is 0 Å². The number of fused-ring (bicyclic) bond motifs is 1. The number of nitrogens with zero attached hydrogens (tertiary/aromatic N) is 5. The zero-order chi connectivity index (χ0) is 20.2. The molecule has 0 bridgehead atoms. The molecule has 0 radical (unpaired) electrons. The van der Waals surface area contributed by atoms with Gasteiger partial charge in [-0.3, -0.25) is 4.79 Å². The quantitative estimate of drug-likeness (QED) is 0.773. The minimum absolute atomic E-state index is 0.173. The van der Waals surface area contributed by atoms with Gasteiger partial charge in [0, 0.05) is 38.5 Å².